The lowest BCUT2D eigenvalue weighted by Gasteiger charge is -2.48. The van der Waals surface area contributed by atoms with E-state index in [4.69, 9.17) is 9.47 Å². The van der Waals surface area contributed by atoms with E-state index >= 15 is 0 Å². The number of amides is 2. The van der Waals surface area contributed by atoms with Crippen molar-refractivity contribution in [3.05, 3.63) is 30.1 Å². The van der Waals surface area contributed by atoms with Crippen LogP contribution < -0.4 is 0 Å². The third-order valence-corrected chi connectivity index (χ3v) is 5.78. The molecular weight excluding hydrogens is 358 g/mol. The van der Waals surface area contributed by atoms with E-state index in [2.05, 4.69) is 4.98 Å². The van der Waals surface area contributed by atoms with Gasteiger partial charge in [0.25, 0.3) is 0 Å². The molecule has 28 heavy (non-hydrogen) atoms. The van der Waals surface area contributed by atoms with Crippen molar-refractivity contribution in [1.29, 1.82) is 0 Å². The minimum absolute atomic E-state index is 0.0124. The zero-order valence-corrected chi connectivity index (χ0v) is 16.8. The van der Waals surface area contributed by atoms with Crippen molar-refractivity contribution in [1.82, 2.24) is 14.8 Å². The first-order valence-electron chi connectivity index (χ1n) is 10.1. The highest BCUT2D eigenvalue weighted by atomic mass is 16.5. The maximum absolute atomic E-state index is 12.5. The molecule has 1 atom stereocenters. The number of ether oxygens (including phenoxy) is 2. The second-order valence-corrected chi connectivity index (χ2v) is 7.85. The molecule has 3 rings (SSSR count). The Morgan fingerprint density at radius 1 is 1.25 bits per heavy atom. The number of methoxy groups -OCH3 is 1. The summed E-state index contributed by atoms with van der Waals surface area (Å²) in [7, 11) is 1.61. The molecule has 1 spiro atoms. The largest absolute Gasteiger partial charge is 0.382 e. The van der Waals surface area contributed by atoms with Crippen LogP contribution in [0.25, 0.3) is 0 Å². The lowest BCUT2D eigenvalue weighted by atomic mass is 9.73. The summed E-state index contributed by atoms with van der Waals surface area (Å²) in [6.45, 7) is 3.92. The second kappa shape index (κ2) is 9.98. The molecule has 2 fully saturated rings. The summed E-state index contributed by atoms with van der Waals surface area (Å²) in [6.07, 6.45) is 6.02. The van der Waals surface area contributed by atoms with Crippen molar-refractivity contribution in [3.8, 4) is 0 Å². The predicted molar refractivity (Wildman–Crippen MR) is 105 cm³/mol. The van der Waals surface area contributed by atoms with Crippen LogP contribution in [0, 0.1) is 5.41 Å². The van der Waals surface area contributed by atoms with Crippen molar-refractivity contribution in [2.75, 3.05) is 53.1 Å². The molecule has 0 bridgehead atoms. The maximum Gasteiger partial charge on any atom is 0.248 e. The lowest BCUT2D eigenvalue weighted by molar-refractivity contribution is -0.145. The molecule has 0 unspecified atom stereocenters. The van der Waals surface area contributed by atoms with E-state index in [1.165, 1.54) is 0 Å². The van der Waals surface area contributed by atoms with Crippen LogP contribution in [0.5, 0.6) is 0 Å². The topological polar surface area (TPSA) is 72.0 Å². The Hall–Kier alpha value is -1.99. The van der Waals surface area contributed by atoms with Crippen LogP contribution in [-0.2, 0) is 25.5 Å². The summed E-state index contributed by atoms with van der Waals surface area (Å²) in [5.74, 6) is 0.250. The molecule has 2 aliphatic heterocycles. The lowest BCUT2D eigenvalue weighted by Crippen LogP contribution is -2.55. The Morgan fingerprint density at radius 3 is 2.93 bits per heavy atom. The van der Waals surface area contributed by atoms with Gasteiger partial charge in [-0.15, -0.1) is 0 Å². The van der Waals surface area contributed by atoms with Crippen LogP contribution in [0.3, 0.4) is 0 Å². The minimum atomic E-state index is 0.0124. The molecule has 2 aliphatic rings. The van der Waals surface area contributed by atoms with E-state index in [1.54, 1.807) is 13.3 Å². The Labute approximate surface area is 167 Å². The second-order valence-electron chi connectivity index (χ2n) is 7.85. The van der Waals surface area contributed by atoms with E-state index in [-0.39, 0.29) is 23.8 Å². The third-order valence-electron chi connectivity index (χ3n) is 5.78. The van der Waals surface area contributed by atoms with Crippen LogP contribution in [-0.4, -0.2) is 79.7 Å². The first-order valence-corrected chi connectivity index (χ1v) is 10.1. The average Bonchev–Trinajstić information content (AvgIpc) is 2.73. The minimum Gasteiger partial charge on any atom is -0.382 e. The first-order chi connectivity index (χ1) is 13.6. The van der Waals surface area contributed by atoms with Gasteiger partial charge < -0.3 is 19.3 Å². The Kier molecular flexibility index (Phi) is 7.39. The summed E-state index contributed by atoms with van der Waals surface area (Å²) in [5.41, 5.74) is 1.02. The summed E-state index contributed by atoms with van der Waals surface area (Å²) < 4.78 is 10.3. The number of likely N-dealkylation sites (tertiary alicyclic amines) is 2. The number of nitrogens with zero attached hydrogens (tertiary/aromatic N) is 3. The number of carbonyl (C=O) groups excluding carboxylic acids is 2. The van der Waals surface area contributed by atoms with Gasteiger partial charge in [0.1, 0.15) is 6.61 Å². The zero-order chi connectivity index (χ0) is 19.8. The highest BCUT2D eigenvalue weighted by Gasteiger charge is 2.42. The van der Waals surface area contributed by atoms with Crippen molar-refractivity contribution in [2.24, 2.45) is 5.41 Å². The smallest absolute Gasteiger partial charge is 0.248 e. The van der Waals surface area contributed by atoms with E-state index in [9.17, 15) is 9.59 Å². The number of carbonyl (C=O) groups is 2. The predicted octanol–water partition coefficient (Wildman–Crippen LogP) is 1.52. The molecule has 0 aromatic carbocycles. The molecule has 154 valence electrons. The number of piperidine rings is 2. The van der Waals surface area contributed by atoms with Gasteiger partial charge >= 0.3 is 0 Å². The number of hydrogen-bond acceptors (Lipinski definition) is 5. The van der Waals surface area contributed by atoms with Crippen LogP contribution >= 0.6 is 0 Å². The van der Waals surface area contributed by atoms with Crippen LogP contribution in [0.4, 0.5) is 0 Å². The number of aromatic nitrogens is 1. The van der Waals surface area contributed by atoms with E-state index in [0.29, 0.717) is 32.7 Å². The van der Waals surface area contributed by atoms with Gasteiger partial charge in [0.15, 0.2) is 0 Å². The van der Waals surface area contributed by atoms with Gasteiger partial charge in [-0.05, 0) is 31.4 Å². The summed E-state index contributed by atoms with van der Waals surface area (Å²) in [5, 5.41) is 0. The van der Waals surface area contributed by atoms with Crippen LogP contribution in [0.2, 0.25) is 0 Å². The van der Waals surface area contributed by atoms with Crippen LogP contribution in [0.15, 0.2) is 24.4 Å². The van der Waals surface area contributed by atoms with Gasteiger partial charge in [0, 0.05) is 63.4 Å². The highest BCUT2D eigenvalue weighted by Crippen LogP contribution is 2.38. The first kappa shape index (κ1) is 20.7. The average molecular weight is 389 g/mol. The van der Waals surface area contributed by atoms with Gasteiger partial charge in [-0.3, -0.25) is 14.6 Å². The van der Waals surface area contributed by atoms with E-state index < -0.39 is 0 Å². The molecule has 0 radical (unpaired) electrons. The molecule has 7 nitrogen and oxygen atoms in total. The SMILES string of the molecule is COCCOCC(=O)N1CCC[C@]2(CCC(=O)N(CCc3ccccn3)C2)C1. The molecule has 1 aromatic heterocycles. The molecule has 1 aromatic rings. The molecule has 0 aliphatic carbocycles. The fraction of sp³-hybridized carbons (Fsp3) is 0.667. The Balaban J connectivity index is 1.54. The van der Waals surface area contributed by atoms with Gasteiger partial charge in [-0.25, -0.2) is 0 Å². The molecule has 7 heteroatoms. The fourth-order valence-corrected chi connectivity index (χ4v) is 4.25. The van der Waals surface area contributed by atoms with Crippen molar-refractivity contribution < 1.29 is 19.1 Å². The van der Waals surface area contributed by atoms with Crippen molar-refractivity contribution in [3.63, 3.8) is 0 Å². The van der Waals surface area contributed by atoms with Gasteiger partial charge in [0.05, 0.1) is 13.2 Å². The van der Waals surface area contributed by atoms with Gasteiger partial charge in [-0.1, -0.05) is 6.07 Å². The Bertz CT molecular complexity index is 654. The van der Waals surface area contributed by atoms with Gasteiger partial charge in [-0.2, -0.15) is 0 Å². The van der Waals surface area contributed by atoms with Crippen molar-refractivity contribution >= 4 is 11.8 Å². The van der Waals surface area contributed by atoms with Crippen LogP contribution in [0.1, 0.15) is 31.4 Å². The quantitative estimate of drug-likeness (QED) is 0.631. The fourth-order valence-electron chi connectivity index (χ4n) is 4.25. The maximum atomic E-state index is 12.5. The molecule has 2 saturated heterocycles. The number of rotatable bonds is 8. The van der Waals surface area contributed by atoms with E-state index in [1.807, 2.05) is 28.0 Å². The molecule has 0 N–H and O–H groups in total. The number of pyridine rings is 1. The summed E-state index contributed by atoms with van der Waals surface area (Å²) >= 11 is 0. The standard InChI is InChI=1S/C21H31N3O4/c1-27-13-14-28-15-20(26)23-11-4-8-21(16-23)9-6-19(25)24(17-21)12-7-18-5-2-3-10-22-18/h2-3,5,10H,4,6-9,11-17H2,1H3/t21-/m0/s1. The third kappa shape index (κ3) is 5.52. The monoisotopic (exact) mass is 389 g/mol. The highest BCUT2D eigenvalue weighted by molar-refractivity contribution is 5.78. The van der Waals surface area contributed by atoms with Crippen molar-refractivity contribution in [2.45, 2.75) is 32.1 Å². The number of hydrogen-bond donors (Lipinski definition) is 0. The molecular formula is C21H31N3O4. The van der Waals surface area contributed by atoms with E-state index in [0.717, 1.165) is 44.5 Å². The molecule has 3 heterocycles. The zero-order valence-electron chi connectivity index (χ0n) is 16.8. The Morgan fingerprint density at radius 2 is 2.14 bits per heavy atom. The molecule has 2 amide bonds. The molecule has 0 saturated carbocycles. The summed E-state index contributed by atoms with van der Waals surface area (Å²) in [6, 6.07) is 5.87. The van der Waals surface area contributed by atoms with Gasteiger partial charge in [0.2, 0.25) is 11.8 Å². The summed E-state index contributed by atoms with van der Waals surface area (Å²) in [4.78, 5) is 33.2. The normalized spacial score (nSPS) is 22.7.